The van der Waals surface area contributed by atoms with Crippen molar-refractivity contribution in [1.82, 2.24) is 0 Å². The largest absolute Gasteiger partial charge is 0.248 e. The number of hydrogen-bond donors (Lipinski definition) is 0. The Morgan fingerprint density at radius 3 is 2.25 bits per heavy atom. The summed E-state index contributed by atoms with van der Waals surface area (Å²) in [7, 11) is 0. The zero-order valence-corrected chi connectivity index (χ0v) is 14.0. The van der Waals surface area contributed by atoms with Gasteiger partial charge in [0.2, 0.25) is 0 Å². The van der Waals surface area contributed by atoms with Crippen molar-refractivity contribution in [3.8, 4) is 0 Å². The van der Waals surface area contributed by atoms with Gasteiger partial charge in [-0.15, -0.1) is 0 Å². The van der Waals surface area contributed by atoms with Crippen LogP contribution in [0.4, 0.5) is 5.69 Å². The van der Waals surface area contributed by atoms with Crippen LogP contribution in [0, 0.1) is 13.8 Å². The van der Waals surface area contributed by atoms with Gasteiger partial charge in [0.1, 0.15) is 0 Å². The smallest absolute Gasteiger partial charge is 0.158 e. The minimum Gasteiger partial charge on any atom is -0.248 e. The number of benzene rings is 2. The standard InChI is InChI=1S/C21H19N3/c1-14-9-11-19(15(2)13-14)24-20-12-10-18(21(22-3)23-4)16-7-5-6-8-17(16)20/h5-13H,3-4H2,1-2H3. The fourth-order valence-corrected chi connectivity index (χ4v) is 2.86. The number of allylic oxidation sites excluding steroid dienone is 3. The number of aryl methyl sites for hydroxylation is 2. The predicted octanol–water partition coefficient (Wildman–Crippen LogP) is 5.06. The van der Waals surface area contributed by atoms with Crippen molar-refractivity contribution < 1.29 is 0 Å². The average molecular weight is 313 g/mol. The van der Waals surface area contributed by atoms with Gasteiger partial charge in [-0.3, -0.25) is 0 Å². The molecule has 0 heterocycles. The highest BCUT2D eigenvalue weighted by Gasteiger charge is 2.17. The van der Waals surface area contributed by atoms with Crippen LogP contribution in [0.2, 0.25) is 0 Å². The number of aliphatic imine (C=N–C) groups is 3. The monoisotopic (exact) mass is 313 g/mol. The molecule has 118 valence electrons. The van der Waals surface area contributed by atoms with Crippen LogP contribution in [0.5, 0.6) is 0 Å². The third kappa shape index (κ3) is 2.88. The Morgan fingerprint density at radius 1 is 0.875 bits per heavy atom. The second-order valence-electron chi connectivity index (χ2n) is 5.72. The number of rotatable bonds is 3. The molecule has 0 amide bonds. The molecule has 0 unspecified atom stereocenters. The summed E-state index contributed by atoms with van der Waals surface area (Å²) in [5.74, 6) is 0.532. The molecule has 0 saturated carbocycles. The Bertz CT molecular complexity index is 904. The van der Waals surface area contributed by atoms with E-state index in [9.17, 15) is 0 Å². The Labute approximate surface area is 142 Å². The van der Waals surface area contributed by atoms with Crippen molar-refractivity contribution >= 4 is 30.4 Å². The van der Waals surface area contributed by atoms with Gasteiger partial charge >= 0.3 is 0 Å². The van der Waals surface area contributed by atoms with Gasteiger partial charge in [-0.25, -0.2) is 15.0 Å². The van der Waals surface area contributed by atoms with Crippen LogP contribution in [0.3, 0.4) is 0 Å². The average Bonchev–Trinajstić information content (AvgIpc) is 2.60. The molecule has 0 aliphatic heterocycles. The summed E-state index contributed by atoms with van der Waals surface area (Å²) >= 11 is 0. The molecule has 2 aromatic carbocycles. The number of nitrogens with zero attached hydrogens (tertiary/aromatic N) is 3. The van der Waals surface area contributed by atoms with Crippen LogP contribution in [0.25, 0.3) is 5.57 Å². The molecule has 0 radical (unpaired) electrons. The van der Waals surface area contributed by atoms with Gasteiger partial charge < -0.3 is 0 Å². The first-order chi connectivity index (χ1) is 11.6. The fourth-order valence-electron chi connectivity index (χ4n) is 2.86. The lowest BCUT2D eigenvalue weighted by molar-refractivity contribution is 1.27. The molecule has 1 aliphatic carbocycles. The third-order valence-electron chi connectivity index (χ3n) is 4.03. The minimum atomic E-state index is 0.532. The van der Waals surface area contributed by atoms with Crippen molar-refractivity contribution in [3.05, 3.63) is 82.7 Å². The van der Waals surface area contributed by atoms with Crippen LogP contribution in [-0.2, 0) is 0 Å². The van der Waals surface area contributed by atoms with Crippen molar-refractivity contribution in [2.75, 3.05) is 0 Å². The van der Waals surface area contributed by atoms with Gasteiger partial charge in [0, 0.05) is 11.1 Å². The maximum absolute atomic E-state index is 4.86. The molecule has 0 fully saturated rings. The Morgan fingerprint density at radius 2 is 1.58 bits per heavy atom. The summed E-state index contributed by atoms with van der Waals surface area (Å²) < 4.78 is 0. The summed E-state index contributed by atoms with van der Waals surface area (Å²) in [6.07, 6.45) is 3.97. The summed E-state index contributed by atoms with van der Waals surface area (Å²) in [4.78, 5) is 12.8. The molecular formula is C21H19N3. The molecule has 0 bridgehead atoms. The zero-order valence-electron chi connectivity index (χ0n) is 14.0. The van der Waals surface area contributed by atoms with E-state index in [1.54, 1.807) is 0 Å². The van der Waals surface area contributed by atoms with Crippen LogP contribution in [0.15, 0.2) is 75.4 Å². The van der Waals surface area contributed by atoms with Crippen LogP contribution < -0.4 is 0 Å². The second-order valence-corrected chi connectivity index (χ2v) is 5.72. The lowest BCUT2D eigenvalue weighted by Crippen LogP contribution is -2.07. The van der Waals surface area contributed by atoms with E-state index in [1.165, 1.54) is 5.56 Å². The van der Waals surface area contributed by atoms with Crippen molar-refractivity contribution in [2.45, 2.75) is 13.8 Å². The Kier molecular flexibility index (Phi) is 4.34. The van der Waals surface area contributed by atoms with Gasteiger partial charge in [-0.05, 0) is 56.6 Å². The van der Waals surface area contributed by atoms with E-state index in [1.807, 2.05) is 30.4 Å². The zero-order chi connectivity index (χ0) is 17.1. The molecule has 24 heavy (non-hydrogen) atoms. The van der Waals surface area contributed by atoms with Crippen molar-refractivity contribution in [1.29, 1.82) is 0 Å². The molecule has 0 atom stereocenters. The molecule has 3 nitrogen and oxygen atoms in total. The molecule has 0 spiro atoms. The predicted molar refractivity (Wildman–Crippen MR) is 104 cm³/mol. The first kappa shape index (κ1) is 15.8. The normalized spacial score (nSPS) is 14.4. The number of hydrogen-bond acceptors (Lipinski definition) is 3. The van der Waals surface area contributed by atoms with Crippen LogP contribution in [-0.4, -0.2) is 19.1 Å². The highest BCUT2D eigenvalue weighted by molar-refractivity contribution is 6.16. The van der Waals surface area contributed by atoms with E-state index in [0.29, 0.717) is 5.82 Å². The molecular weight excluding hydrogens is 294 g/mol. The van der Waals surface area contributed by atoms with Gasteiger partial charge in [0.15, 0.2) is 5.82 Å². The molecule has 3 rings (SSSR count). The van der Waals surface area contributed by atoms with E-state index in [-0.39, 0.29) is 0 Å². The number of fused-ring (bicyclic) bond motifs is 1. The van der Waals surface area contributed by atoms with E-state index in [0.717, 1.165) is 33.7 Å². The maximum atomic E-state index is 4.86. The lowest BCUT2D eigenvalue weighted by atomic mass is 9.91. The van der Waals surface area contributed by atoms with Gasteiger partial charge in [0.05, 0.1) is 11.4 Å². The quantitative estimate of drug-likeness (QED) is 0.710. The summed E-state index contributed by atoms with van der Waals surface area (Å²) in [6, 6.07) is 14.4. The van der Waals surface area contributed by atoms with Gasteiger partial charge in [-0.2, -0.15) is 0 Å². The molecule has 1 aliphatic rings. The maximum Gasteiger partial charge on any atom is 0.158 e. The molecule has 2 aromatic rings. The lowest BCUT2D eigenvalue weighted by Gasteiger charge is -2.17. The van der Waals surface area contributed by atoms with Crippen molar-refractivity contribution in [2.24, 2.45) is 15.0 Å². The Balaban J connectivity index is 2.18. The molecule has 3 heteroatoms. The van der Waals surface area contributed by atoms with Gasteiger partial charge in [0.25, 0.3) is 0 Å². The van der Waals surface area contributed by atoms with E-state index in [4.69, 9.17) is 4.99 Å². The second kappa shape index (κ2) is 6.59. The Hall–Kier alpha value is -3.07. The molecule has 0 aromatic heterocycles. The highest BCUT2D eigenvalue weighted by Crippen LogP contribution is 2.31. The first-order valence-electron chi connectivity index (χ1n) is 7.75. The van der Waals surface area contributed by atoms with E-state index in [2.05, 4.69) is 61.5 Å². The van der Waals surface area contributed by atoms with Crippen molar-refractivity contribution in [3.63, 3.8) is 0 Å². The van der Waals surface area contributed by atoms with E-state index < -0.39 is 0 Å². The molecule has 0 saturated heterocycles. The van der Waals surface area contributed by atoms with Crippen LogP contribution in [0.1, 0.15) is 22.3 Å². The third-order valence-corrected chi connectivity index (χ3v) is 4.03. The fraction of sp³-hybridized carbons (Fsp3) is 0.0952. The van der Waals surface area contributed by atoms with Gasteiger partial charge in [-0.1, -0.05) is 42.0 Å². The minimum absolute atomic E-state index is 0.532. The van der Waals surface area contributed by atoms with E-state index >= 15 is 0 Å². The summed E-state index contributed by atoms with van der Waals surface area (Å²) in [6.45, 7) is 11.3. The SMILES string of the molecule is C=NC(N=C)=C1C=CC(=Nc2ccc(C)cc2C)c2ccccc21. The highest BCUT2D eigenvalue weighted by atomic mass is 14.9. The summed E-state index contributed by atoms with van der Waals surface area (Å²) in [5.41, 5.74) is 7.31. The summed E-state index contributed by atoms with van der Waals surface area (Å²) in [5, 5.41) is 0. The molecule has 0 N–H and O–H groups in total. The first-order valence-corrected chi connectivity index (χ1v) is 7.75. The van der Waals surface area contributed by atoms with Crippen LogP contribution >= 0.6 is 0 Å². The topological polar surface area (TPSA) is 37.1 Å².